The number of amides is 2. The molecule has 0 fully saturated rings. The minimum absolute atomic E-state index is 0.0442. The predicted octanol–water partition coefficient (Wildman–Crippen LogP) is 1.33. The number of carbonyl (C=O) groups is 4. The van der Waals surface area contributed by atoms with E-state index in [-0.39, 0.29) is 36.1 Å². The lowest BCUT2D eigenvalue weighted by atomic mass is 10.2. The summed E-state index contributed by atoms with van der Waals surface area (Å²) in [5.74, 6) is -2.25. The lowest BCUT2D eigenvalue weighted by Gasteiger charge is -2.15. The quantitative estimate of drug-likeness (QED) is 0.265. The van der Waals surface area contributed by atoms with Crippen LogP contribution in [-0.4, -0.2) is 70.5 Å². The minimum Gasteiger partial charge on any atom is -0.464 e. The number of carbonyl (C=O) groups excluding carboxylic acids is 4. The molecule has 2 amide bonds. The Bertz CT molecular complexity index is 954. The highest BCUT2D eigenvalue weighted by molar-refractivity contribution is 7.80. The molecule has 0 saturated heterocycles. The Hall–Kier alpha value is -3.12. The summed E-state index contributed by atoms with van der Waals surface area (Å²) in [5, 5.41) is 5.07. The first-order chi connectivity index (χ1) is 16.3. The second kappa shape index (κ2) is 13.6. The molecule has 2 N–H and O–H groups in total. The summed E-state index contributed by atoms with van der Waals surface area (Å²) in [7, 11) is 0. The van der Waals surface area contributed by atoms with Crippen molar-refractivity contribution in [1.29, 1.82) is 0 Å². The van der Waals surface area contributed by atoms with Crippen LogP contribution in [0.25, 0.3) is 11.4 Å². The van der Waals surface area contributed by atoms with Crippen LogP contribution in [0.15, 0.2) is 36.4 Å². The molecule has 12 heteroatoms. The molecule has 182 valence electrons. The van der Waals surface area contributed by atoms with E-state index in [2.05, 4.69) is 45.9 Å². The number of esters is 2. The van der Waals surface area contributed by atoms with Gasteiger partial charge in [0.05, 0.1) is 24.6 Å². The highest BCUT2D eigenvalue weighted by Gasteiger charge is 2.23. The van der Waals surface area contributed by atoms with Crippen LogP contribution >= 0.6 is 25.3 Å². The fraction of sp³-hybridized carbons (Fsp3) is 0.364. The number of hydrogen-bond acceptors (Lipinski definition) is 10. The van der Waals surface area contributed by atoms with Crippen molar-refractivity contribution >= 4 is 49.0 Å². The van der Waals surface area contributed by atoms with E-state index in [0.717, 1.165) is 0 Å². The molecule has 2 aromatic rings. The van der Waals surface area contributed by atoms with E-state index in [1.54, 1.807) is 38.1 Å². The second-order valence-electron chi connectivity index (χ2n) is 6.74. The van der Waals surface area contributed by atoms with Crippen LogP contribution in [-0.2, 0) is 19.1 Å². The number of nitrogens with one attached hydrogen (secondary N) is 2. The lowest BCUT2D eigenvalue weighted by Crippen LogP contribution is -2.43. The molecule has 2 unspecified atom stereocenters. The third-order valence-electron chi connectivity index (χ3n) is 4.34. The van der Waals surface area contributed by atoms with Gasteiger partial charge in [-0.1, -0.05) is 12.1 Å². The zero-order valence-corrected chi connectivity index (χ0v) is 20.5. The zero-order valence-electron chi connectivity index (χ0n) is 18.7. The number of thiol groups is 2. The number of rotatable bonds is 11. The van der Waals surface area contributed by atoms with Gasteiger partial charge in [-0.25, -0.2) is 19.6 Å². The molecular weight excluding hydrogens is 480 g/mol. The number of pyridine rings is 2. The Morgan fingerprint density at radius 3 is 1.47 bits per heavy atom. The van der Waals surface area contributed by atoms with Crippen molar-refractivity contribution in [3.63, 3.8) is 0 Å². The maximum Gasteiger partial charge on any atom is 0.329 e. The average molecular weight is 507 g/mol. The van der Waals surface area contributed by atoms with E-state index in [1.807, 2.05) is 0 Å². The van der Waals surface area contributed by atoms with Gasteiger partial charge in [0.2, 0.25) is 0 Å². The summed E-state index contributed by atoms with van der Waals surface area (Å²) in [5.41, 5.74) is 0.749. The van der Waals surface area contributed by atoms with Crippen LogP contribution < -0.4 is 10.6 Å². The molecule has 0 aromatic carbocycles. The number of hydrogen-bond donors (Lipinski definition) is 4. The molecule has 2 heterocycles. The molecular formula is C22H26N4O6S2. The first-order valence-corrected chi connectivity index (χ1v) is 11.7. The Morgan fingerprint density at radius 1 is 0.765 bits per heavy atom. The van der Waals surface area contributed by atoms with Crippen LogP contribution in [0, 0.1) is 0 Å². The maximum absolute atomic E-state index is 12.6. The number of aromatic nitrogens is 2. The second-order valence-corrected chi connectivity index (χ2v) is 7.47. The van der Waals surface area contributed by atoms with E-state index < -0.39 is 35.8 Å². The summed E-state index contributed by atoms with van der Waals surface area (Å²) in [4.78, 5) is 57.6. The van der Waals surface area contributed by atoms with Crippen molar-refractivity contribution < 1.29 is 28.7 Å². The fourth-order valence-corrected chi connectivity index (χ4v) is 3.20. The topological polar surface area (TPSA) is 137 Å². The highest BCUT2D eigenvalue weighted by atomic mass is 32.1. The maximum atomic E-state index is 12.6. The van der Waals surface area contributed by atoms with Gasteiger partial charge in [-0.15, -0.1) is 0 Å². The molecule has 2 atom stereocenters. The third-order valence-corrected chi connectivity index (χ3v) is 5.07. The molecule has 2 rings (SSSR count). The summed E-state index contributed by atoms with van der Waals surface area (Å²) in [6.45, 7) is 3.68. The molecule has 2 aromatic heterocycles. The van der Waals surface area contributed by atoms with Crippen molar-refractivity contribution in [3.05, 3.63) is 47.8 Å². The Labute approximate surface area is 208 Å². The molecule has 0 aliphatic carbocycles. The van der Waals surface area contributed by atoms with Crippen molar-refractivity contribution in [2.45, 2.75) is 25.9 Å². The van der Waals surface area contributed by atoms with Gasteiger partial charge in [-0.3, -0.25) is 9.59 Å². The van der Waals surface area contributed by atoms with Gasteiger partial charge in [-0.05, 0) is 38.1 Å². The Morgan fingerprint density at radius 2 is 1.15 bits per heavy atom. The van der Waals surface area contributed by atoms with Gasteiger partial charge in [0, 0.05) is 11.5 Å². The van der Waals surface area contributed by atoms with Crippen molar-refractivity contribution in [1.82, 2.24) is 20.6 Å². The van der Waals surface area contributed by atoms with Crippen LogP contribution in [0.1, 0.15) is 34.8 Å². The molecule has 0 spiro atoms. The van der Waals surface area contributed by atoms with E-state index in [0.29, 0.717) is 11.4 Å². The average Bonchev–Trinajstić information content (AvgIpc) is 2.85. The van der Waals surface area contributed by atoms with E-state index in [9.17, 15) is 19.2 Å². The molecule has 34 heavy (non-hydrogen) atoms. The Kier molecular flexibility index (Phi) is 10.8. The van der Waals surface area contributed by atoms with Crippen molar-refractivity contribution in [3.8, 4) is 11.4 Å². The van der Waals surface area contributed by atoms with Gasteiger partial charge in [0.15, 0.2) is 0 Å². The molecule has 0 bridgehead atoms. The fourth-order valence-electron chi connectivity index (χ4n) is 2.72. The van der Waals surface area contributed by atoms with E-state index in [4.69, 9.17) is 9.47 Å². The van der Waals surface area contributed by atoms with Crippen LogP contribution in [0.5, 0.6) is 0 Å². The standard InChI is InChI=1S/C22H26N4O6S2/c1-3-31-21(29)17(11-33)25-19(27)15-9-5-7-13(23-15)14-8-6-10-16(24-14)20(28)26-18(12-34)22(30)32-4-2/h5-10,17-18,33-34H,3-4,11-12H2,1-2H3,(H,25,27)(H,26,28). The van der Waals surface area contributed by atoms with Gasteiger partial charge in [-0.2, -0.15) is 25.3 Å². The van der Waals surface area contributed by atoms with Gasteiger partial charge >= 0.3 is 11.9 Å². The summed E-state index contributed by atoms with van der Waals surface area (Å²) in [6, 6.07) is 7.55. The molecule has 0 aliphatic heterocycles. The van der Waals surface area contributed by atoms with E-state index >= 15 is 0 Å². The predicted molar refractivity (Wildman–Crippen MR) is 131 cm³/mol. The van der Waals surface area contributed by atoms with E-state index in [1.165, 1.54) is 12.1 Å². The molecule has 0 radical (unpaired) electrons. The third kappa shape index (κ3) is 7.45. The summed E-state index contributed by atoms with van der Waals surface area (Å²) >= 11 is 8.16. The highest BCUT2D eigenvalue weighted by Crippen LogP contribution is 2.16. The molecule has 0 aliphatic rings. The molecule has 0 saturated carbocycles. The van der Waals surface area contributed by atoms with Gasteiger partial charge < -0.3 is 20.1 Å². The first kappa shape index (κ1) is 27.1. The van der Waals surface area contributed by atoms with Gasteiger partial charge in [0.1, 0.15) is 23.5 Å². The zero-order chi connectivity index (χ0) is 25.1. The van der Waals surface area contributed by atoms with Crippen LogP contribution in [0.2, 0.25) is 0 Å². The van der Waals surface area contributed by atoms with Crippen LogP contribution in [0.4, 0.5) is 0 Å². The van der Waals surface area contributed by atoms with Crippen molar-refractivity contribution in [2.75, 3.05) is 24.7 Å². The SMILES string of the molecule is CCOC(=O)C(CS)NC(=O)c1cccc(-c2cccc(C(=O)NC(CS)C(=O)OCC)n2)n1. The number of nitrogens with zero attached hydrogens (tertiary/aromatic N) is 2. The Balaban J connectivity index is 2.20. The lowest BCUT2D eigenvalue weighted by molar-refractivity contribution is -0.145. The monoisotopic (exact) mass is 506 g/mol. The first-order valence-electron chi connectivity index (χ1n) is 10.5. The number of ether oxygens (including phenoxy) is 2. The minimum atomic E-state index is -0.925. The smallest absolute Gasteiger partial charge is 0.329 e. The summed E-state index contributed by atoms with van der Waals surface area (Å²) in [6.07, 6.45) is 0. The largest absolute Gasteiger partial charge is 0.464 e. The van der Waals surface area contributed by atoms with Crippen molar-refractivity contribution in [2.24, 2.45) is 0 Å². The van der Waals surface area contributed by atoms with Gasteiger partial charge in [0.25, 0.3) is 11.8 Å². The normalized spacial score (nSPS) is 12.2. The summed E-state index contributed by atoms with van der Waals surface area (Å²) < 4.78 is 9.84. The van der Waals surface area contributed by atoms with Crippen LogP contribution in [0.3, 0.4) is 0 Å². The molecule has 10 nitrogen and oxygen atoms in total.